The van der Waals surface area contributed by atoms with E-state index in [1.807, 2.05) is 0 Å². The molecule has 0 N–H and O–H groups in total. The minimum absolute atomic E-state index is 0.0405. The Labute approximate surface area is 194 Å². The second-order valence-corrected chi connectivity index (χ2v) is 8.81. The van der Waals surface area contributed by atoms with Crippen LogP contribution in [0.1, 0.15) is 26.7 Å². The minimum atomic E-state index is -4.94. The molecule has 1 unspecified atom stereocenters. The Bertz CT molecular complexity index is 1250. The number of hydrogen-bond acceptors (Lipinski definition) is 6. The first-order valence-corrected chi connectivity index (χ1v) is 10.7. The van der Waals surface area contributed by atoms with Crippen LogP contribution >= 0.6 is 22.9 Å². The molecule has 7 nitrogen and oxygen atoms in total. The molecule has 3 aromatic rings. The Morgan fingerprint density at radius 3 is 2.67 bits per heavy atom. The largest absolute Gasteiger partial charge is 0.573 e. The number of alkyl halides is 3. The summed E-state index contributed by atoms with van der Waals surface area (Å²) in [6, 6.07) is 6.66. The molecule has 4 rings (SSSR count). The number of anilines is 1. The highest BCUT2D eigenvalue weighted by molar-refractivity contribution is 7.15. The number of fused-ring (bicyclic) bond motifs is 1. The number of aryl methyl sites for hydroxylation is 1. The second kappa shape index (κ2) is 8.64. The zero-order chi connectivity index (χ0) is 23.9. The molecule has 1 aromatic carbocycles. The molecule has 0 saturated heterocycles. The van der Waals surface area contributed by atoms with Gasteiger partial charge in [-0.3, -0.25) is 0 Å². The Balaban J connectivity index is 1.85. The van der Waals surface area contributed by atoms with Gasteiger partial charge in [0.2, 0.25) is 0 Å². The first-order valence-electron chi connectivity index (χ1n) is 9.50. The van der Waals surface area contributed by atoms with Crippen LogP contribution in [0, 0.1) is 6.92 Å². The molecule has 0 fully saturated rings. The summed E-state index contributed by atoms with van der Waals surface area (Å²) in [5, 5.41) is 0. The fourth-order valence-corrected chi connectivity index (χ4v) is 4.67. The molecular formula is C21H16ClF3N3O4S+. The van der Waals surface area contributed by atoms with Gasteiger partial charge < -0.3 is 9.47 Å². The molecule has 1 atom stereocenters. The molecule has 0 aliphatic carbocycles. The Kier molecular flexibility index (Phi) is 6.02. The lowest BCUT2D eigenvalue weighted by atomic mass is 9.92. The van der Waals surface area contributed by atoms with E-state index in [1.165, 1.54) is 46.4 Å². The first kappa shape index (κ1) is 23.0. The molecule has 0 saturated carbocycles. The van der Waals surface area contributed by atoms with Crippen molar-refractivity contribution in [1.82, 2.24) is 4.98 Å². The van der Waals surface area contributed by atoms with E-state index in [4.69, 9.17) is 16.3 Å². The van der Waals surface area contributed by atoms with Crippen molar-refractivity contribution in [1.29, 1.82) is 0 Å². The summed E-state index contributed by atoms with van der Waals surface area (Å²) in [7, 11) is 1.29. The van der Waals surface area contributed by atoms with Crippen LogP contribution in [-0.4, -0.2) is 30.3 Å². The monoisotopic (exact) mass is 498 g/mol. The summed E-state index contributed by atoms with van der Waals surface area (Å²) < 4.78 is 49.2. The number of halogens is 4. The van der Waals surface area contributed by atoms with Crippen LogP contribution in [0.4, 0.5) is 19.0 Å². The highest BCUT2D eigenvalue weighted by atomic mass is 35.5. The number of amides is 1. The predicted molar refractivity (Wildman–Crippen MR) is 113 cm³/mol. The van der Waals surface area contributed by atoms with Crippen molar-refractivity contribution in [2.75, 3.05) is 12.0 Å². The van der Waals surface area contributed by atoms with E-state index in [2.05, 4.69) is 9.72 Å². The molecule has 12 heteroatoms. The molecule has 0 spiro atoms. The molecule has 0 bridgehead atoms. The third kappa shape index (κ3) is 4.51. The lowest BCUT2D eigenvalue weighted by Crippen LogP contribution is -2.60. The number of methoxy groups -OCH3 is 1. The van der Waals surface area contributed by atoms with Crippen LogP contribution in [0.3, 0.4) is 0 Å². The Morgan fingerprint density at radius 1 is 1.27 bits per heavy atom. The van der Waals surface area contributed by atoms with Crippen molar-refractivity contribution in [3.05, 3.63) is 63.2 Å². The lowest BCUT2D eigenvalue weighted by molar-refractivity contribution is -0.564. The molecule has 2 aromatic heterocycles. The van der Waals surface area contributed by atoms with Gasteiger partial charge in [-0.1, -0.05) is 11.6 Å². The maximum atomic E-state index is 13.7. The molecule has 1 aliphatic heterocycles. The quantitative estimate of drug-likeness (QED) is 0.388. The van der Waals surface area contributed by atoms with Gasteiger partial charge in [-0.2, -0.15) is 9.47 Å². The SMILES string of the molecule is COc1ccc(OC(F)(F)F)cc1C1C(=O)N(Cc2cnc(Cl)s2)c2c(C)ccc[n+]2C1=O. The minimum Gasteiger partial charge on any atom is -0.496 e. The standard InChI is InChI=1S/C21H16ClF3N3O4S/c1-11-4-3-7-27-17(11)28(10-13-9-26-20(22)33-13)19(30)16(18(27)29)14-8-12(32-21(23,24)25)5-6-15(14)31-2/h3-9,16H,10H2,1-2H3/q+1. The van der Waals surface area contributed by atoms with Crippen molar-refractivity contribution < 1.29 is 36.8 Å². The normalized spacial score (nSPS) is 16.1. The highest BCUT2D eigenvalue weighted by Gasteiger charge is 2.49. The number of pyridine rings is 1. The van der Waals surface area contributed by atoms with E-state index in [0.717, 1.165) is 12.1 Å². The molecule has 1 amide bonds. The smallest absolute Gasteiger partial charge is 0.496 e. The van der Waals surface area contributed by atoms with Crippen molar-refractivity contribution in [2.45, 2.75) is 25.7 Å². The van der Waals surface area contributed by atoms with Gasteiger partial charge in [0.25, 0.3) is 5.82 Å². The van der Waals surface area contributed by atoms with Crippen LogP contribution in [0.25, 0.3) is 0 Å². The van der Waals surface area contributed by atoms with Gasteiger partial charge in [-0.15, -0.1) is 24.5 Å². The summed E-state index contributed by atoms with van der Waals surface area (Å²) in [6.07, 6.45) is -1.92. The van der Waals surface area contributed by atoms with Crippen LogP contribution < -0.4 is 18.9 Å². The van der Waals surface area contributed by atoms with E-state index >= 15 is 0 Å². The van der Waals surface area contributed by atoms with Gasteiger partial charge in [0.1, 0.15) is 18.0 Å². The zero-order valence-corrected chi connectivity index (χ0v) is 18.8. The molecule has 0 radical (unpaired) electrons. The van der Waals surface area contributed by atoms with E-state index in [0.29, 0.717) is 20.7 Å². The van der Waals surface area contributed by atoms with Crippen LogP contribution in [0.2, 0.25) is 4.47 Å². The van der Waals surface area contributed by atoms with Gasteiger partial charge in [0, 0.05) is 17.3 Å². The summed E-state index contributed by atoms with van der Waals surface area (Å²) in [4.78, 5) is 33.1. The topological polar surface area (TPSA) is 72.6 Å². The number of carbonyl (C=O) groups is 2. The second-order valence-electron chi connectivity index (χ2n) is 7.11. The average molecular weight is 499 g/mol. The third-order valence-electron chi connectivity index (χ3n) is 5.00. The summed E-state index contributed by atoms with van der Waals surface area (Å²) in [6.45, 7) is 1.82. The number of hydrogen-bond donors (Lipinski definition) is 0. The van der Waals surface area contributed by atoms with Crippen molar-refractivity contribution in [3.63, 3.8) is 0 Å². The van der Waals surface area contributed by atoms with Gasteiger partial charge in [0.05, 0.1) is 18.2 Å². The van der Waals surface area contributed by atoms with Crippen LogP contribution in [0.15, 0.2) is 42.7 Å². The van der Waals surface area contributed by atoms with Gasteiger partial charge >= 0.3 is 18.2 Å². The summed E-state index contributed by atoms with van der Waals surface area (Å²) in [5.74, 6) is -2.84. The van der Waals surface area contributed by atoms with E-state index < -0.39 is 29.8 Å². The number of benzene rings is 1. The third-order valence-corrected chi connectivity index (χ3v) is 6.10. The van der Waals surface area contributed by atoms with Crippen molar-refractivity contribution >= 4 is 40.6 Å². The average Bonchev–Trinajstić information content (AvgIpc) is 3.15. The molecule has 3 heterocycles. The number of thiazole rings is 1. The van der Waals surface area contributed by atoms with Gasteiger partial charge in [-0.05, 0) is 37.3 Å². The zero-order valence-electron chi connectivity index (χ0n) is 17.2. The fraction of sp³-hybridized carbons (Fsp3) is 0.238. The molecule has 1 aliphatic rings. The van der Waals surface area contributed by atoms with Crippen LogP contribution in [0.5, 0.6) is 11.5 Å². The van der Waals surface area contributed by atoms with E-state index in [9.17, 15) is 22.8 Å². The molecule has 33 heavy (non-hydrogen) atoms. The Hall–Kier alpha value is -3.18. The predicted octanol–water partition coefficient (Wildman–Crippen LogP) is 4.27. The molecular weight excluding hydrogens is 483 g/mol. The van der Waals surface area contributed by atoms with E-state index in [-0.39, 0.29) is 17.9 Å². The van der Waals surface area contributed by atoms with Gasteiger partial charge in [0.15, 0.2) is 10.4 Å². The summed E-state index contributed by atoms with van der Waals surface area (Å²) >= 11 is 7.10. The van der Waals surface area contributed by atoms with Crippen molar-refractivity contribution in [3.8, 4) is 11.5 Å². The number of ether oxygens (including phenoxy) is 2. The first-order chi connectivity index (χ1) is 15.6. The van der Waals surface area contributed by atoms with E-state index in [1.54, 1.807) is 19.1 Å². The Morgan fingerprint density at radius 2 is 2.03 bits per heavy atom. The number of carbonyl (C=O) groups excluding carboxylic acids is 2. The maximum Gasteiger partial charge on any atom is 0.573 e. The summed E-state index contributed by atoms with van der Waals surface area (Å²) in [5.41, 5.74) is 0.621. The highest BCUT2D eigenvalue weighted by Crippen LogP contribution is 2.37. The molecule has 172 valence electrons. The fourth-order valence-electron chi connectivity index (χ4n) is 3.70. The number of nitrogens with zero attached hydrogens (tertiary/aromatic N) is 3. The maximum absolute atomic E-state index is 13.7. The number of rotatable bonds is 5. The lowest BCUT2D eigenvalue weighted by Gasteiger charge is -2.27. The van der Waals surface area contributed by atoms with Crippen LogP contribution in [-0.2, 0) is 11.3 Å². The van der Waals surface area contributed by atoms with Gasteiger partial charge in [-0.25, -0.2) is 14.6 Å². The van der Waals surface area contributed by atoms with Crippen molar-refractivity contribution in [2.24, 2.45) is 0 Å². The number of aromatic nitrogens is 2.